The fourth-order valence-electron chi connectivity index (χ4n) is 8.74. The summed E-state index contributed by atoms with van der Waals surface area (Å²) in [5.74, 6) is -12.2. The minimum atomic E-state index is -2.40. The van der Waals surface area contributed by atoms with Gasteiger partial charge in [0.2, 0.25) is 0 Å². The van der Waals surface area contributed by atoms with Gasteiger partial charge in [0.1, 0.15) is 75.3 Å². The summed E-state index contributed by atoms with van der Waals surface area (Å²) in [7, 11) is 0. The molecule has 4 aliphatic rings. The first-order valence-corrected chi connectivity index (χ1v) is 24.7. The molecule has 4 fully saturated rings. The molecular formula is C48H66O33. The summed E-state index contributed by atoms with van der Waals surface area (Å²) in [5, 5.41) is 24.4. The number of hydrogen-bond donors (Lipinski definition) is 2. The Labute approximate surface area is 461 Å². The summed E-state index contributed by atoms with van der Waals surface area (Å²) >= 11 is 0. The minimum absolute atomic E-state index is 0.777. The molecule has 0 radical (unpaired) electrons. The summed E-state index contributed by atoms with van der Waals surface area (Å²) in [6, 6.07) is 0. The lowest BCUT2D eigenvalue weighted by Gasteiger charge is -2.51. The number of rotatable bonds is 22. The van der Waals surface area contributed by atoms with Gasteiger partial charge in [0.25, 0.3) is 0 Å². The van der Waals surface area contributed by atoms with Crippen molar-refractivity contribution in [1.82, 2.24) is 0 Å². The molecule has 0 aromatic carbocycles. The molecule has 0 aliphatic carbocycles. The van der Waals surface area contributed by atoms with Crippen LogP contribution in [-0.2, 0) is 148 Å². The van der Waals surface area contributed by atoms with Gasteiger partial charge >= 0.3 is 71.6 Å². The van der Waals surface area contributed by atoms with E-state index in [1.807, 2.05) is 0 Å². The molecule has 0 spiro atoms. The first-order chi connectivity index (χ1) is 37.9. The summed E-state index contributed by atoms with van der Waals surface area (Å²) in [6.45, 7) is 8.12. The van der Waals surface area contributed by atoms with Gasteiger partial charge in [0.15, 0.2) is 74.0 Å². The zero-order valence-corrected chi connectivity index (χ0v) is 45.9. The smallest absolute Gasteiger partial charge is 0.303 e. The number of aliphatic hydroxyl groups excluding tert-OH is 2. The Morgan fingerprint density at radius 1 is 0.272 bits per heavy atom. The molecule has 4 heterocycles. The third-order valence-electron chi connectivity index (χ3n) is 11.5. The predicted molar refractivity (Wildman–Crippen MR) is 248 cm³/mol. The second kappa shape index (κ2) is 30.4. The first-order valence-electron chi connectivity index (χ1n) is 24.7. The molecule has 0 saturated carbocycles. The molecule has 0 bridgehead atoms. The number of aliphatic hydroxyl groups is 2. The quantitative estimate of drug-likeness (QED) is 0.0811. The molecule has 456 valence electrons. The van der Waals surface area contributed by atoms with Gasteiger partial charge < -0.3 is 100 Å². The molecule has 4 saturated heterocycles. The van der Waals surface area contributed by atoms with Crippen molar-refractivity contribution in [2.24, 2.45) is 0 Å². The fourth-order valence-corrected chi connectivity index (χ4v) is 8.74. The summed E-state index contributed by atoms with van der Waals surface area (Å²) in [5.41, 5.74) is 0. The largest absolute Gasteiger partial charge is 0.463 e. The standard InChI is InChI=1S/C48H66O33/c1-17(49)63-13-29-34(67-21(5)53)33(61)38(79-47-43(73-27(11)59)40(71-25(9)57)36(69-23(7)55)31(77-47)15-65-19(3)51)46(76-29)80-39-35(68-22(6)54)30(14-64-18(2)50)75-45(62)42(39)81-48-44(74-28(12)60)41(72-26(10)58)37(70-24(8)56)32(78-48)16-66-20(4)52/h29-48,61-62H,13-16H2,1-12H3/t29-,30+,31-,32-,33-,34-,35-,36-,37-,38+,39-,40-,41-,42-,43+,44+,45+,46+,47+,48+/m0/s1. The van der Waals surface area contributed by atoms with Crippen LogP contribution >= 0.6 is 0 Å². The van der Waals surface area contributed by atoms with Gasteiger partial charge in [-0.15, -0.1) is 0 Å². The maximum absolute atomic E-state index is 13.1. The van der Waals surface area contributed by atoms with Crippen LogP contribution < -0.4 is 0 Å². The normalized spacial score (nSPS) is 33.6. The fraction of sp³-hybridized carbons (Fsp3) is 0.750. The van der Waals surface area contributed by atoms with Crippen molar-refractivity contribution in [3.8, 4) is 0 Å². The van der Waals surface area contributed by atoms with Crippen LogP contribution in [0.4, 0.5) is 0 Å². The third-order valence-corrected chi connectivity index (χ3v) is 11.5. The SMILES string of the molecule is CC(=O)OC[C@@H]1O[C@H](O[C@H]2[C@@H](OC(C)=O)[C@@H](COC(C)=O)O[C@@H](O)[C@H]2O[C@H]2O[C@@H](COC(C)=O)[C@H](OC(C)=O)[C@H](OC(C)=O)[C@H]2OC(C)=O)[C@H](O[C@H]2O[C@@H](COC(C)=O)[C@H](OC(C)=O)[C@H](OC(C)=O)[C@H]2OC(C)=O)[C@@H](O)[C@H]1OC(C)=O. The minimum Gasteiger partial charge on any atom is -0.463 e. The molecule has 33 nitrogen and oxygen atoms in total. The van der Waals surface area contributed by atoms with Gasteiger partial charge in [-0.2, -0.15) is 0 Å². The maximum atomic E-state index is 13.1. The van der Waals surface area contributed by atoms with Gasteiger partial charge in [-0.3, -0.25) is 57.5 Å². The molecule has 33 heteroatoms. The Hall–Kier alpha value is -6.72. The van der Waals surface area contributed by atoms with E-state index < -0.39 is 221 Å². The molecule has 4 aliphatic heterocycles. The van der Waals surface area contributed by atoms with Gasteiger partial charge in [-0.05, 0) is 0 Å². The zero-order chi connectivity index (χ0) is 60.7. The van der Waals surface area contributed by atoms with Gasteiger partial charge in [0.05, 0.1) is 0 Å². The van der Waals surface area contributed by atoms with Crippen LogP contribution in [0.3, 0.4) is 0 Å². The van der Waals surface area contributed by atoms with Crippen molar-refractivity contribution in [2.75, 3.05) is 26.4 Å². The molecule has 4 rings (SSSR count). The van der Waals surface area contributed by atoms with E-state index in [1.165, 1.54) is 0 Å². The van der Waals surface area contributed by atoms with Crippen LogP contribution in [0.25, 0.3) is 0 Å². The monoisotopic (exact) mass is 1170 g/mol. The molecule has 2 N–H and O–H groups in total. The van der Waals surface area contributed by atoms with Gasteiger partial charge in [0, 0.05) is 83.1 Å². The molecule has 0 aromatic rings. The van der Waals surface area contributed by atoms with E-state index in [4.69, 9.17) is 90.0 Å². The first kappa shape index (κ1) is 66.8. The average molecular weight is 1170 g/mol. The molecule has 0 amide bonds. The van der Waals surface area contributed by atoms with Crippen LogP contribution in [0.1, 0.15) is 83.1 Å². The average Bonchev–Trinajstić information content (AvgIpc) is 3.34. The summed E-state index contributed by atoms with van der Waals surface area (Å²) in [4.78, 5) is 151. The van der Waals surface area contributed by atoms with E-state index in [-0.39, 0.29) is 0 Å². The Morgan fingerprint density at radius 3 is 0.827 bits per heavy atom. The van der Waals surface area contributed by atoms with E-state index in [2.05, 4.69) is 0 Å². The molecule has 0 aromatic heterocycles. The number of esters is 12. The Balaban J connectivity index is 2.03. The van der Waals surface area contributed by atoms with Crippen molar-refractivity contribution >= 4 is 71.6 Å². The highest BCUT2D eigenvalue weighted by Crippen LogP contribution is 2.39. The molecule has 81 heavy (non-hydrogen) atoms. The second-order valence-corrected chi connectivity index (χ2v) is 18.3. The summed E-state index contributed by atoms with van der Waals surface area (Å²) in [6.07, 6.45) is -40.2. The van der Waals surface area contributed by atoms with Crippen molar-refractivity contribution in [2.45, 2.75) is 206 Å². The maximum Gasteiger partial charge on any atom is 0.303 e. The zero-order valence-electron chi connectivity index (χ0n) is 45.9. The van der Waals surface area contributed by atoms with Gasteiger partial charge in [-0.1, -0.05) is 0 Å². The van der Waals surface area contributed by atoms with Crippen molar-refractivity contribution < 1.29 is 158 Å². The van der Waals surface area contributed by atoms with Crippen molar-refractivity contribution in [3.05, 3.63) is 0 Å². The van der Waals surface area contributed by atoms with E-state index in [0.29, 0.717) is 0 Å². The van der Waals surface area contributed by atoms with Crippen LogP contribution in [0.5, 0.6) is 0 Å². The highest BCUT2D eigenvalue weighted by atomic mass is 16.8. The number of carbonyl (C=O) groups excluding carboxylic acids is 12. The Kier molecular flexibility index (Phi) is 25.0. The highest BCUT2D eigenvalue weighted by molar-refractivity contribution is 5.71. The lowest BCUT2D eigenvalue weighted by Crippen LogP contribution is -2.69. The van der Waals surface area contributed by atoms with E-state index in [0.717, 1.165) is 83.1 Å². The Morgan fingerprint density at radius 2 is 0.506 bits per heavy atom. The summed E-state index contributed by atoms with van der Waals surface area (Å²) < 4.78 is 108. The number of hydrogen-bond acceptors (Lipinski definition) is 33. The number of carbonyl (C=O) groups is 12. The molecule has 0 unspecified atom stereocenters. The van der Waals surface area contributed by atoms with E-state index in [9.17, 15) is 67.7 Å². The topological polar surface area (TPSA) is 421 Å². The lowest BCUT2D eigenvalue weighted by molar-refractivity contribution is -0.401. The third kappa shape index (κ3) is 19.8. The van der Waals surface area contributed by atoms with Crippen molar-refractivity contribution in [3.63, 3.8) is 0 Å². The second-order valence-electron chi connectivity index (χ2n) is 18.3. The number of ether oxygens (including phenoxy) is 19. The van der Waals surface area contributed by atoms with Crippen LogP contribution in [0.2, 0.25) is 0 Å². The highest BCUT2D eigenvalue weighted by Gasteiger charge is 2.61. The van der Waals surface area contributed by atoms with E-state index in [1.54, 1.807) is 0 Å². The molecular weight excluding hydrogens is 1100 g/mol. The molecule has 20 atom stereocenters. The van der Waals surface area contributed by atoms with Crippen LogP contribution in [0, 0.1) is 0 Å². The van der Waals surface area contributed by atoms with Gasteiger partial charge in [-0.25, -0.2) is 0 Å². The van der Waals surface area contributed by atoms with Crippen molar-refractivity contribution in [1.29, 1.82) is 0 Å². The van der Waals surface area contributed by atoms with Crippen LogP contribution in [-0.4, -0.2) is 231 Å². The van der Waals surface area contributed by atoms with E-state index >= 15 is 0 Å². The predicted octanol–water partition coefficient (Wildman–Crippen LogP) is -2.90. The Bertz CT molecular complexity index is 2290. The van der Waals surface area contributed by atoms with Crippen LogP contribution in [0.15, 0.2) is 0 Å². The lowest BCUT2D eigenvalue weighted by atomic mass is 9.95.